The Morgan fingerprint density at radius 1 is 1.16 bits per heavy atom. The summed E-state index contributed by atoms with van der Waals surface area (Å²) in [7, 11) is 0. The Bertz CT molecular complexity index is 1210. The van der Waals surface area contributed by atoms with Crippen molar-refractivity contribution in [3.05, 3.63) is 71.3 Å². The molecule has 1 aliphatic heterocycles. The van der Waals surface area contributed by atoms with Gasteiger partial charge in [-0.05, 0) is 47.7 Å². The van der Waals surface area contributed by atoms with E-state index in [0.717, 1.165) is 16.7 Å². The molecule has 0 saturated heterocycles. The minimum Gasteiger partial charge on any atom is -0.469 e. The van der Waals surface area contributed by atoms with Crippen LogP contribution in [0.3, 0.4) is 0 Å². The van der Waals surface area contributed by atoms with E-state index in [1.54, 1.807) is 19.1 Å². The number of hydrazone groups is 1. The number of nitrogens with one attached hydrogen (secondary N) is 1. The summed E-state index contributed by atoms with van der Waals surface area (Å²) in [5.41, 5.74) is 2.91. The van der Waals surface area contributed by atoms with Crippen molar-refractivity contribution >= 4 is 35.4 Å². The van der Waals surface area contributed by atoms with Crippen LogP contribution in [0, 0.1) is 11.3 Å². The number of carbonyl (C=O) groups is 3. The molecule has 3 rings (SSSR count). The molecule has 38 heavy (non-hydrogen) atoms. The lowest BCUT2D eigenvalue weighted by Crippen LogP contribution is -2.40. The molecule has 202 valence electrons. The number of hydrogen-bond donors (Lipinski definition) is 1. The molecule has 1 N–H and O–H groups in total. The van der Waals surface area contributed by atoms with E-state index >= 15 is 0 Å². The first-order chi connectivity index (χ1) is 18.0. The number of rotatable bonds is 9. The van der Waals surface area contributed by atoms with Crippen LogP contribution in [0.4, 0.5) is 5.69 Å². The number of ether oxygens (including phenoxy) is 2. The van der Waals surface area contributed by atoms with Gasteiger partial charge in [0.05, 0.1) is 19.1 Å². The van der Waals surface area contributed by atoms with Crippen molar-refractivity contribution in [2.24, 2.45) is 16.4 Å². The van der Waals surface area contributed by atoms with Gasteiger partial charge in [-0.25, -0.2) is 9.80 Å². The second kappa shape index (κ2) is 12.5. The largest absolute Gasteiger partial charge is 0.469 e. The molecular weight excluding hydrogens is 482 g/mol. The summed E-state index contributed by atoms with van der Waals surface area (Å²) >= 11 is 0. The molecule has 0 spiro atoms. The van der Waals surface area contributed by atoms with E-state index in [4.69, 9.17) is 9.47 Å². The third-order valence-corrected chi connectivity index (χ3v) is 5.95. The normalized spacial score (nSPS) is 14.8. The van der Waals surface area contributed by atoms with Crippen LogP contribution in [-0.4, -0.2) is 41.9 Å². The van der Waals surface area contributed by atoms with Crippen LogP contribution < -0.4 is 5.32 Å². The van der Waals surface area contributed by atoms with Crippen molar-refractivity contribution in [1.82, 2.24) is 5.01 Å². The molecule has 0 bridgehead atoms. The Morgan fingerprint density at radius 3 is 2.50 bits per heavy atom. The summed E-state index contributed by atoms with van der Waals surface area (Å²) in [5, 5.41) is 8.86. The molecule has 0 aliphatic carbocycles. The molecule has 0 aromatic heterocycles. The highest BCUT2D eigenvalue weighted by Crippen LogP contribution is 2.28. The first-order valence-corrected chi connectivity index (χ1v) is 12.8. The predicted octanol–water partition coefficient (Wildman–Crippen LogP) is 5.36. The van der Waals surface area contributed by atoms with Gasteiger partial charge in [-0.3, -0.25) is 9.59 Å². The number of carbonyl (C=O) groups excluding carboxylic acids is 3. The zero-order chi connectivity index (χ0) is 27.9. The van der Waals surface area contributed by atoms with E-state index in [1.807, 2.05) is 77.1 Å². The monoisotopic (exact) mass is 519 g/mol. The Kier molecular flexibility index (Phi) is 9.45. The number of esters is 1. The summed E-state index contributed by atoms with van der Waals surface area (Å²) in [4.78, 5) is 37.2. The van der Waals surface area contributed by atoms with Crippen molar-refractivity contribution in [3.8, 4) is 0 Å². The summed E-state index contributed by atoms with van der Waals surface area (Å²) in [6.07, 6.45) is 3.02. The molecular formula is C30H37N3O5. The van der Waals surface area contributed by atoms with E-state index < -0.39 is 5.97 Å². The van der Waals surface area contributed by atoms with E-state index in [0.29, 0.717) is 24.7 Å². The van der Waals surface area contributed by atoms with Crippen molar-refractivity contribution < 1.29 is 23.9 Å². The van der Waals surface area contributed by atoms with Crippen molar-refractivity contribution in [2.75, 3.05) is 18.5 Å². The fourth-order valence-corrected chi connectivity index (χ4v) is 4.03. The molecule has 0 radical (unpaired) electrons. The van der Waals surface area contributed by atoms with Crippen LogP contribution in [0.5, 0.6) is 0 Å². The van der Waals surface area contributed by atoms with Crippen molar-refractivity contribution in [3.63, 3.8) is 0 Å². The Morgan fingerprint density at radius 2 is 1.87 bits per heavy atom. The first kappa shape index (κ1) is 28.6. The molecule has 0 saturated carbocycles. The zero-order valence-corrected chi connectivity index (χ0v) is 23.0. The fourth-order valence-electron chi connectivity index (χ4n) is 4.03. The lowest BCUT2D eigenvalue weighted by Gasteiger charge is -2.29. The quantitative estimate of drug-likeness (QED) is 0.355. The Hall–Kier alpha value is -3.94. The molecule has 2 aromatic rings. The maximum atomic E-state index is 13.3. The number of nitrogens with zero attached hydrogens (tertiary/aromatic N) is 2. The van der Waals surface area contributed by atoms with Gasteiger partial charge >= 0.3 is 5.97 Å². The van der Waals surface area contributed by atoms with E-state index in [9.17, 15) is 14.4 Å². The van der Waals surface area contributed by atoms with Crippen molar-refractivity contribution in [1.29, 1.82) is 0 Å². The number of anilines is 1. The highest BCUT2D eigenvalue weighted by Gasteiger charge is 2.30. The zero-order valence-electron chi connectivity index (χ0n) is 23.0. The van der Waals surface area contributed by atoms with Gasteiger partial charge in [-0.2, -0.15) is 0 Å². The van der Waals surface area contributed by atoms with Gasteiger partial charge in [0.1, 0.15) is 0 Å². The number of hydrogen-bond acceptors (Lipinski definition) is 6. The minimum atomic E-state index is -0.412. The standard InChI is InChI=1S/C30H37N3O5/c1-7-37-26(35)16-13-21-9-8-10-24(17-21)31-28(36)27(20(2)3)23-14-11-22(12-15-23)18-33-25(34)19-38-29(32-33)30(4,5)6/h8-17,20,27H,7,18-19H2,1-6H3,(H,31,36)/b16-13+. The SMILES string of the molecule is CCOC(=O)/C=C/c1cccc(NC(=O)C(c2ccc(CN3N=C(C(C)(C)C)OCC3=O)cc2)C(C)C)c1. The van der Waals surface area contributed by atoms with Crippen LogP contribution in [0.25, 0.3) is 6.08 Å². The van der Waals surface area contributed by atoms with E-state index in [1.165, 1.54) is 11.1 Å². The summed E-state index contributed by atoms with van der Waals surface area (Å²) < 4.78 is 10.4. The molecule has 1 atom stereocenters. The molecule has 2 aromatic carbocycles. The lowest BCUT2D eigenvalue weighted by molar-refractivity contribution is -0.137. The number of benzene rings is 2. The smallest absolute Gasteiger partial charge is 0.330 e. The van der Waals surface area contributed by atoms with Gasteiger partial charge in [0.2, 0.25) is 11.8 Å². The van der Waals surface area contributed by atoms with Gasteiger partial charge in [0, 0.05) is 17.2 Å². The molecule has 2 amide bonds. The van der Waals surface area contributed by atoms with Gasteiger partial charge in [0.15, 0.2) is 6.61 Å². The molecule has 1 heterocycles. The van der Waals surface area contributed by atoms with Crippen LogP contribution in [0.15, 0.2) is 59.7 Å². The van der Waals surface area contributed by atoms with Gasteiger partial charge < -0.3 is 14.8 Å². The topological polar surface area (TPSA) is 97.3 Å². The Balaban J connectivity index is 1.72. The lowest BCUT2D eigenvalue weighted by atomic mass is 9.87. The van der Waals surface area contributed by atoms with Crippen LogP contribution >= 0.6 is 0 Å². The molecule has 1 unspecified atom stereocenters. The average molecular weight is 520 g/mol. The van der Waals surface area contributed by atoms with Crippen LogP contribution in [-0.2, 0) is 30.4 Å². The Labute approximate surface area is 224 Å². The predicted molar refractivity (Wildman–Crippen MR) is 148 cm³/mol. The van der Waals surface area contributed by atoms with Gasteiger partial charge in [-0.1, -0.05) is 71.0 Å². The van der Waals surface area contributed by atoms with Crippen LogP contribution in [0.2, 0.25) is 0 Å². The molecule has 0 fully saturated rings. The number of amides is 2. The average Bonchev–Trinajstić information content (AvgIpc) is 2.85. The summed E-state index contributed by atoms with van der Waals surface area (Å²) in [6, 6.07) is 15.0. The van der Waals surface area contributed by atoms with E-state index in [-0.39, 0.29) is 35.7 Å². The maximum absolute atomic E-state index is 13.3. The van der Waals surface area contributed by atoms with Crippen molar-refractivity contribution in [2.45, 2.75) is 54.0 Å². The first-order valence-electron chi connectivity index (χ1n) is 12.8. The van der Waals surface area contributed by atoms with Gasteiger partial charge in [0.25, 0.3) is 5.91 Å². The molecule has 8 nitrogen and oxygen atoms in total. The second-order valence-electron chi connectivity index (χ2n) is 10.6. The molecule has 1 aliphatic rings. The highest BCUT2D eigenvalue weighted by atomic mass is 16.5. The maximum Gasteiger partial charge on any atom is 0.330 e. The minimum absolute atomic E-state index is 0.0242. The van der Waals surface area contributed by atoms with Crippen LogP contribution in [0.1, 0.15) is 64.2 Å². The van der Waals surface area contributed by atoms with Gasteiger partial charge in [-0.15, -0.1) is 5.10 Å². The van der Waals surface area contributed by atoms with E-state index in [2.05, 4.69) is 10.4 Å². The highest BCUT2D eigenvalue weighted by molar-refractivity contribution is 5.96. The third-order valence-electron chi connectivity index (χ3n) is 5.95. The third kappa shape index (κ3) is 7.78. The summed E-state index contributed by atoms with van der Waals surface area (Å²) in [5.74, 6) is -0.524. The fraction of sp³-hybridized carbons (Fsp3) is 0.400. The second-order valence-corrected chi connectivity index (χ2v) is 10.6. The summed E-state index contributed by atoms with van der Waals surface area (Å²) in [6.45, 7) is 12.3. The molecule has 8 heteroatoms.